The van der Waals surface area contributed by atoms with E-state index in [0.717, 1.165) is 19.4 Å². The summed E-state index contributed by atoms with van der Waals surface area (Å²) >= 11 is 0. The van der Waals surface area contributed by atoms with Crippen LogP contribution in [0.25, 0.3) is 0 Å². The molecule has 1 rings (SSSR count). The molecule has 0 spiro atoms. The van der Waals surface area contributed by atoms with Crippen molar-refractivity contribution in [3.05, 3.63) is 0 Å². The van der Waals surface area contributed by atoms with E-state index in [0.29, 0.717) is 0 Å². The van der Waals surface area contributed by atoms with Gasteiger partial charge in [0, 0.05) is 22.4 Å². The number of carboxylic acid groups (broad SMARTS) is 1. The predicted molar refractivity (Wildman–Crippen MR) is 28.7 cm³/mol. The van der Waals surface area contributed by atoms with E-state index in [1.807, 2.05) is 0 Å². The Kier molecular flexibility index (Phi) is 4.14. The van der Waals surface area contributed by atoms with Crippen molar-refractivity contribution in [2.45, 2.75) is 18.9 Å². The summed E-state index contributed by atoms with van der Waals surface area (Å²) in [5.41, 5.74) is 0. The Hall–Kier alpha value is 0.170. The van der Waals surface area contributed by atoms with Crippen LogP contribution < -0.4 is 5.32 Å². The summed E-state index contributed by atoms with van der Waals surface area (Å²) in [6.45, 7) is 0.858. The third-order valence-electron chi connectivity index (χ3n) is 1.36. The molecule has 0 unspecified atom stereocenters. The van der Waals surface area contributed by atoms with Gasteiger partial charge in [-0.3, -0.25) is 4.79 Å². The van der Waals surface area contributed by atoms with Crippen LogP contribution in [-0.2, 0) is 27.2 Å². The Morgan fingerprint density at radius 3 is 2.56 bits per heavy atom. The van der Waals surface area contributed by atoms with Gasteiger partial charge in [-0.05, 0) is 19.4 Å². The van der Waals surface area contributed by atoms with Crippen molar-refractivity contribution in [2.24, 2.45) is 0 Å². The van der Waals surface area contributed by atoms with Crippen LogP contribution in [0.1, 0.15) is 12.8 Å². The maximum atomic E-state index is 10.1. The SMILES string of the molecule is O=C(O)[C@@H]1CCCN1.[Ag]. The molecule has 0 aliphatic carbocycles. The quantitative estimate of drug-likeness (QED) is 0.606. The summed E-state index contributed by atoms with van der Waals surface area (Å²) in [5, 5.41) is 11.2. The van der Waals surface area contributed by atoms with Crippen molar-refractivity contribution in [2.75, 3.05) is 6.54 Å². The first-order valence-electron chi connectivity index (χ1n) is 2.77. The zero-order valence-corrected chi connectivity index (χ0v) is 6.34. The molecule has 1 heterocycles. The second-order valence-corrected chi connectivity index (χ2v) is 1.99. The summed E-state index contributed by atoms with van der Waals surface area (Å²) in [6.07, 6.45) is 1.78. The third-order valence-corrected chi connectivity index (χ3v) is 1.36. The first-order valence-corrected chi connectivity index (χ1v) is 2.77. The van der Waals surface area contributed by atoms with Crippen molar-refractivity contribution in [3.63, 3.8) is 0 Å². The minimum Gasteiger partial charge on any atom is -0.480 e. The first kappa shape index (κ1) is 9.17. The number of nitrogens with one attached hydrogen (secondary N) is 1. The maximum absolute atomic E-state index is 10.1. The fourth-order valence-corrected chi connectivity index (χ4v) is 0.895. The largest absolute Gasteiger partial charge is 0.480 e. The van der Waals surface area contributed by atoms with Gasteiger partial charge in [0.05, 0.1) is 0 Å². The zero-order chi connectivity index (χ0) is 5.98. The van der Waals surface area contributed by atoms with Crippen molar-refractivity contribution < 1.29 is 32.3 Å². The normalized spacial score (nSPS) is 25.1. The molecular formula is C5H9AgNO2. The van der Waals surface area contributed by atoms with Crippen molar-refractivity contribution in [1.29, 1.82) is 0 Å². The minimum atomic E-state index is -0.720. The molecule has 4 heteroatoms. The molecule has 0 aromatic heterocycles. The summed E-state index contributed by atoms with van der Waals surface area (Å²) in [5.74, 6) is -0.720. The molecule has 0 saturated carbocycles. The zero-order valence-electron chi connectivity index (χ0n) is 4.86. The molecule has 1 radical (unpaired) electrons. The molecule has 1 aliphatic heterocycles. The Morgan fingerprint density at radius 1 is 1.67 bits per heavy atom. The monoisotopic (exact) mass is 222 g/mol. The molecule has 1 saturated heterocycles. The topological polar surface area (TPSA) is 49.3 Å². The van der Waals surface area contributed by atoms with Gasteiger partial charge in [0.15, 0.2) is 0 Å². The summed E-state index contributed by atoms with van der Waals surface area (Å²) in [6, 6.07) is -0.269. The Bertz CT molecular complexity index is 101. The van der Waals surface area contributed by atoms with Crippen LogP contribution in [0.4, 0.5) is 0 Å². The van der Waals surface area contributed by atoms with Crippen molar-refractivity contribution in [3.8, 4) is 0 Å². The van der Waals surface area contributed by atoms with E-state index >= 15 is 0 Å². The average molecular weight is 223 g/mol. The molecule has 0 aromatic rings. The van der Waals surface area contributed by atoms with Gasteiger partial charge in [0.2, 0.25) is 0 Å². The molecule has 0 amide bonds. The second-order valence-electron chi connectivity index (χ2n) is 1.99. The molecule has 0 aromatic carbocycles. The van der Waals surface area contributed by atoms with E-state index in [4.69, 9.17) is 5.11 Å². The summed E-state index contributed by atoms with van der Waals surface area (Å²) < 4.78 is 0. The maximum Gasteiger partial charge on any atom is 0.320 e. The van der Waals surface area contributed by atoms with Gasteiger partial charge in [0.1, 0.15) is 6.04 Å². The van der Waals surface area contributed by atoms with Crippen LogP contribution in [0.15, 0.2) is 0 Å². The van der Waals surface area contributed by atoms with E-state index in [1.54, 1.807) is 0 Å². The van der Waals surface area contributed by atoms with E-state index in [9.17, 15) is 4.79 Å². The number of carbonyl (C=O) groups is 1. The van der Waals surface area contributed by atoms with Gasteiger partial charge in [-0.1, -0.05) is 0 Å². The molecule has 1 aliphatic rings. The van der Waals surface area contributed by atoms with Crippen molar-refractivity contribution in [1.82, 2.24) is 5.32 Å². The standard InChI is InChI=1S/C5H9NO2.Ag/c7-5(8)4-2-1-3-6-4;/h4,6H,1-3H2,(H,7,8);/t4-;/m0./s1. The summed E-state index contributed by atoms with van der Waals surface area (Å²) in [7, 11) is 0. The van der Waals surface area contributed by atoms with Crippen LogP contribution >= 0.6 is 0 Å². The Morgan fingerprint density at radius 2 is 2.33 bits per heavy atom. The molecule has 9 heavy (non-hydrogen) atoms. The number of hydrogen-bond acceptors (Lipinski definition) is 2. The van der Waals surface area contributed by atoms with Gasteiger partial charge >= 0.3 is 5.97 Å². The van der Waals surface area contributed by atoms with E-state index < -0.39 is 5.97 Å². The minimum absolute atomic E-state index is 0. The van der Waals surface area contributed by atoms with Gasteiger partial charge in [-0.2, -0.15) is 0 Å². The number of carboxylic acids is 1. The van der Waals surface area contributed by atoms with Crippen LogP contribution in [0.3, 0.4) is 0 Å². The average Bonchev–Trinajstić information content (AvgIpc) is 2.12. The molecular weight excluding hydrogens is 214 g/mol. The van der Waals surface area contributed by atoms with Gasteiger partial charge < -0.3 is 10.4 Å². The van der Waals surface area contributed by atoms with Gasteiger partial charge in [-0.25, -0.2) is 0 Å². The van der Waals surface area contributed by atoms with Crippen LogP contribution in [0.2, 0.25) is 0 Å². The molecule has 0 bridgehead atoms. The smallest absolute Gasteiger partial charge is 0.320 e. The Balaban J connectivity index is 0.000000640. The van der Waals surface area contributed by atoms with E-state index in [2.05, 4.69) is 5.32 Å². The van der Waals surface area contributed by atoms with E-state index in [-0.39, 0.29) is 28.4 Å². The van der Waals surface area contributed by atoms with Crippen LogP contribution in [0.5, 0.6) is 0 Å². The molecule has 3 nitrogen and oxygen atoms in total. The number of hydrogen-bond donors (Lipinski definition) is 2. The van der Waals surface area contributed by atoms with Crippen LogP contribution in [-0.4, -0.2) is 23.7 Å². The Labute approximate surface area is 69.3 Å². The van der Waals surface area contributed by atoms with Gasteiger partial charge in [-0.15, -0.1) is 0 Å². The van der Waals surface area contributed by atoms with E-state index in [1.165, 1.54) is 0 Å². The van der Waals surface area contributed by atoms with Gasteiger partial charge in [0.25, 0.3) is 0 Å². The second kappa shape index (κ2) is 4.06. The summed E-state index contributed by atoms with van der Waals surface area (Å²) in [4.78, 5) is 10.1. The fourth-order valence-electron chi connectivity index (χ4n) is 0.895. The fraction of sp³-hybridized carbons (Fsp3) is 0.800. The first-order chi connectivity index (χ1) is 3.80. The number of aliphatic carboxylic acids is 1. The molecule has 1 atom stereocenters. The molecule has 1 fully saturated rings. The predicted octanol–water partition coefficient (Wildman–Crippen LogP) is -0.179. The van der Waals surface area contributed by atoms with Crippen LogP contribution in [0, 0.1) is 0 Å². The van der Waals surface area contributed by atoms with Crippen molar-refractivity contribution >= 4 is 5.97 Å². The third kappa shape index (κ3) is 2.49. The number of rotatable bonds is 1. The molecule has 2 N–H and O–H groups in total. The molecule has 57 valence electrons.